The Kier molecular flexibility index (Phi) is 6.32. The van der Waals surface area contributed by atoms with Gasteiger partial charge in [-0.2, -0.15) is 0 Å². The van der Waals surface area contributed by atoms with Gasteiger partial charge in [-0.1, -0.05) is 17.7 Å². The Balaban J connectivity index is 0.00000192. The number of rotatable bonds is 4. The molecule has 1 amide bonds. The van der Waals surface area contributed by atoms with Gasteiger partial charge in [0.1, 0.15) is 0 Å². The summed E-state index contributed by atoms with van der Waals surface area (Å²) in [5.41, 5.74) is 1.78. The first-order chi connectivity index (χ1) is 10.5. The molecule has 2 unspecified atom stereocenters. The van der Waals surface area contributed by atoms with E-state index in [1.807, 2.05) is 19.1 Å². The Morgan fingerprint density at radius 3 is 2.61 bits per heavy atom. The van der Waals surface area contributed by atoms with Crippen LogP contribution >= 0.6 is 24.0 Å². The van der Waals surface area contributed by atoms with Crippen LogP contribution in [0.15, 0.2) is 18.2 Å². The summed E-state index contributed by atoms with van der Waals surface area (Å²) in [5.74, 6) is 0.0216. The molecule has 0 spiro atoms. The fraction of sp³-hybridized carbons (Fsp3) is 0.588. The van der Waals surface area contributed by atoms with Crippen molar-refractivity contribution in [1.29, 1.82) is 0 Å². The molecule has 0 aromatic heterocycles. The molecule has 1 aromatic rings. The molecule has 0 aliphatic carbocycles. The summed E-state index contributed by atoms with van der Waals surface area (Å²) in [6, 6.07) is 7.41. The average molecular weight is 358 g/mol. The van der Waals surface area contributed by atoms with E-state index in [4.69, 9.17) is 11.6 Å². The highest BCUT2D eigenvalue weighted by Crippen LogP contribution is 2.29. The van der Waals surface area contributed by atoms with E-state index in [2.05, 4.69) is 22.6 Å². The van der Waals surface area contributed by atoms with Crippen LogP contribution in [0, 0.1) is 6.92 Å². The molecule has 2 heterocycles. The lowest BCUT2D eigenvalue weighted by atomic mass is 9.98. The summed E-state index contributed by atoms with van der Waals surface area (Å²) in [6.07, 6.45) is 4.86. The van der Waals surface area contributed by atoms with Crippen LogP contribution in [0.4, 0.5) is 5.69 Å². The van der Waals surface area contributed by atoms with Crippen LogP contribution in [0.2, 0.25) is 5.02 Å². The number of amides is 1. The molecule has 4 nitrogen and oxygen atoms in total. The van der Waals surface area contributed by atoms with E-state index >= 15 is 0 Å². The van der Waals surface area contributed by atoms with Crippen LogP contribution in [0.3, 0.4) is 0 Å². The monoisotopic (exact) mass is 357 g/mol. The first kappa shape index (κ1) is 18.5. The Bertz CT molecular complexity index is 555. The highest BCUT2D eigenvalue weighted by molar-refractivity contribution is 6.31. The van der Waals surface area contributed by atoms with Gasteiger partial charge in [-0.05, 0) is 57.4 Å². The van der Waals surface area contributed by atoms with E-state index in [1.165, 1.54) is 12.8 Å². The normalized spacial score (nSPS) is 26.0. The van der Waals surface area contributed by atoms with E-state index in [9.17, 15) is 4.79 Å². The molecule has 2 aliphatic heterocycles. The fourth-order valence-corrected chi connectivity index (χ4v) is 3.79. The minimum absolute atomic E-state index is 0. The number of likely N-dealkylation sites (N-methyl/N-ethyl adjacent to an activating group) is 1. The molecule has 2 N–H and O–H groups in total. The molecular weight excluding hydrogens is 333 g/mol. The zero-order valence-electron chi connectivity index (χ0n) is 13.6. The number of fused-ring (bicyclic) bond motifs is 2. The predicted molar refractivity (Wildman–Crippen MR) is 97.7 cm³/mol. The number of halogens is 2. The van der Waals surface area contributed by atoms with Crippen molar-refractivity contribution in [2.24, 2.45) is 0 Å². The second-order valence-corrected chi connectivity index (χ2v) is 7.10. The average Bonchev–Trinajstić information content (AvgIpc) is 2.81. The third-order valence-electron chi connectivity index (χ3n) is 4.92. The maximum atomic E-state index is 12.2. The smallest absolute Gasteiger partial charge is 0.238 e. The molecule has 23 heavy (non-hydrogen) atoms. The van der Waals surface area contributed by atoms with Crippen molar-refractivity contribution >= 4 is 35.6 Å². The minimum atomic E-state index is 0. The van der Waals surface area contributed by atoms with E-state index in [0.29, 0.717) is 29.7 Å². The Morgan fingerprint density at radius 1 is 1.35 bits per heavy atom. The Labute approximate surface area is 149 Å². The maximum Gasteiger partial charge on any atom is 0.238 e. The van der Waals surface area contributed by atoms with E-state index < -0.39 is 0 Å². The molecule has 2 atom stereocenters. The number of benzene rings is 1. The van der Waals surface area contributed by atoms with Crippen molar-refractivity contribution in [3.05, 3.63) is 28.8 Å². The van der Waals surface area contributed by atoms with Gasteiger partial charge in [0.2, 0.25) is 5.91 Å². The molecule has 128 valence electrons. The SMILES string of the molecule is Cc1ccc(NC(=O)CN(C)C2CC3CCC(C2)N3)cc1Cl.Cl. The number of aryl methyl sites for hydroxylation is 1. The van der Waals surface area contributed by atoms with E-state index in [1.54, 1.807) is 6.07 Å². The summed E-state index contributed by atoms with van der Waals surface area (Å²) < 4.78 is 0. The van der Waals surface area contributed by atoms with Gasteiger partial charge in [-0.15, -0.1) is 12.4 Å². The maximum absolute atomic E-state index is 12.2. The first-order valence-corrected chi connectivity index (χ1v) is 8.41. The molecular formula is C17H25Cl2N3O. The zero-order valence-corrected chi connectivity index (χ0v) is 15.2. The quantitative estimate of drug-likeness (QED) is 0.869. The predicted octanol–water partition coefficient (Wildman–Crippen LogP) is 3.22. The van der Waals surface area contributed by atoms with Gasteiger partial charge in [-0.25, -0.2) is 0 Å². The van der Waals surface area contributed by atoms with Crippen molar-refractivity contribution in [2.45, 2.75) is 50.7 Å². The molecule has 0 radical (unpaired) electrons. The third-order valence-corrected chi connectivity index (χ3v) is 5.33. The molecule has 2 bridgehead atoms. The van der Waals surface area contributed by atoms with Crippen LogP contribution in [-0.2, 0) is 4.79 Å². The molecule has 2 fully saturated rings. The van der Waals surface area contributed by atoms with Crippen LogP contribution in [0.1, 0.15) is 31.2 Å². The summed E-state index contributed by atoms with van der Waals surface area (Å²) in [6.45, 7) is 2.38. The summed E-state index contributed by atoms with van der Waals surface area (Å²) in [5, 5.41) is 7.26. The van der Waals surface area contributed by atoms with Gasteiger partial charge in [0.05, 0.1) is 6.54 Å². The number of nitrogens with one attached hydrogen (secondary N) is 2. The number of piperidine rings is 1. The molecule has 6 heteroatoms. The zero-order chi connectivity index (χ0) is 15.7. The Morgan fingerprint density at radius 2 is 2.00 bits per heavy atom. The topological polar surface area (TPSA) is 44.4 Å². The van der Waals surface area contributed by atoms with E-state index in [0.717, 1.165) is 24.1 Å². The summed E-state index contributed by atoms with van der Waals surface area (Å²) in [7, 11) is 2.05. The van der Waals surface area contributed by atoms with Crippen molar-refractivity contribution in [1.82, 2.24) is 10.2 Å². The van der Waals surface area contributed by atoms with Crippen LogP contribution in [0.5, 0.6) is 0 Å². The molecule has 3 rings (SSSR count). The van der Waals surface area contributed by atoms with Gasteiger partial charge < -0.3 is 10.6 Å². The highest BCUT2D eigenvalue weighted by Gasteiger charge is 2.35. The van der Waals surface area contributed by atoms with Gasteiger partial charge in [0.25, 0.3) is 0 Å². The van der Waals surface area contributed by atoms with Gasteiger partial charge in [0, 0.05) is 28.8 Å². The van der Waals surface area contributed by atoms with Crippen molar-refractivity contribution < 1.29 is 4.79 Å². The lowest BCUT2D eigenvalue weighted by molar-refractivity contribution is -0.117. The number of anilines is 1. The standard InChI is InChI=1S/C17H24ClN3O.ClH/c1-11-3-4-14(9-16(11)18)20-17(22)10-21(2)15-7-12-5-6-13(8-15)19-12;/h3-4,9,12-13,15,19H,5-8,10H2,1-2H3,(H,20,22);1H. The van der Waals surface area contributed by atoms with Crippen molar-refractivity contribution in [3.8, 4) is 0 Å². The van der Waals surface area contributed by atoms with Crippen LogP contribution < -0.4 is 10.6 Å². The number of carbonyl (C=O) groups is 1. The first-order valence-electron chi connectivity index (χ1n) is 8.03. The van der Waals surface area contributed by atoms with E-state index in [-0.39, 0.29) is 18.3 Å². The Hall–Kier alpha value is -0.810. The van der Waals surface area contributed by atoms with Crippen molar-refractivity contribution in [2.75, 3.05) is 18.9 Å². The molecule has 0 saturated carbocycles. The third kappa shape index (κ3) is 4.60. The fourth-order valence-electron chi connectivity index (χ4n) is 3.61. The van der Waals surface area contributed by atoms with Crippen LogP contribution in [0.25, 0.3) is 0 Å². The number of hydrogen-bond donors (Lipinski definition) is 2. The highest BCUT2D eigenvalue weighted by atomic mass is 35.5. The minimum Gasteiger partial charge on any atom is -0.325 e. The lowest BCUT2D eigenvalue weighted by Crippen LogP contribution is -2.48. The van der Waals surface area contributed by atoms with Crippen molar-refractivity contribution in [3.63, 3.8) is 0 Å². The number of nitrogens with zero attached hydrogens (tertiary/aromatic N) is 1. The second-order valence-electron chi connectivity index (χ2n) is 6.69. The summed E-state index contributed by atoms with van der Waals surface area (Å²) >= 11 is 6.10. The number of carbonyl (C=O) groups excluding carboxylic acids is 1. The van der Waals surface area contributed by atoms with Gasteiger partial charge in [-0.3, -0.25) is 9.69 Å². The second kappa shape index (κ2) is 7.84. The molecule has 1 aromatic carbocycles. The lowest BCUT2D eigenvalue weighted by Gasteiger charge is -2.35. The van der Waals surface area contributed by atoms with Crippen LogP contribution in [-0.4, -0.2) is 42.5 Å². The number of hydrogen-bond acceptors (Lipinski definition) is 3. The van der Waals surface area contributed by atoms with Gasteiger partial charge >= 0.3 is 0 Å². The largest absolute Gasteiger partial charge is 0.325 e. The summed E-state index contributed by atoms with van der Waals surface area (Å²) in [4.78, 5) is 14.4. The molecule has 2 saturated heterocycles. The molecule has 2 aliphatic rings. The van der Waals surface area contributed by atoms with Gasteiger partial charge in [0.15, 0.2) is 0 Å².